The number of rotatable bonds is 5. The lowest BCUT2D eigenvalue weighted by Gasteiger charge is -2.39. The lowest BCUT2D eigenvalue weighted by Crippen LogP contribution is -2.51. The van der Waals surface area contributed by atoms with Crippen LogP contribution in [0.4, 0.5) is 20.2 Å². The summed E-state index contributed by atoms with van der Waals surface area (Å²) in [5, 5.41) is 22.2. The van der Waals surface area contributed by atoms with Gasteiger partial charge in [0, 0.05) is 5.54 Å². The summed E-state index contributed by atoms with van der Waals surface area (Å²) in [6.07, 6.45) is 0. The molecule has 8 heteroatoms. The second-order valence-electron chi connectivity index (χ2n) is 5.72. The molecule has 0 bridgehead atoms. The lowest BCUT2D eigenvalue weighted by molar-refractivity contribution is -0.385. The molecule has 116 valence electrons. The number of carbonyl (C=O) groups is 1. The van der Waals surface area contributed by atoms with E-state index in [0.29, 0.717) is 12.1 Å². The van der Waals surface area contributed by atoms with Gasteiger partial charge in [0.1, 0.15) is 5.69 Å². The standard InChI is InChI=1S/C13H16F2N2O4/c1-12(2,11(18)19)13(3,4)16-10-8(14)5-7(17(20)21)6-9(10)15/h5-6,16H,1-4H3,(H,18,19). The van der Waals surface area contributed by atoms with Crippen molar-refractivity contribution in [3.63, 3.8) is 0 Å². The molecule has 0 atom stereocenters. The number of nitro benzene ring substituents is 1. The summed E-state index contributed by atoms with van der Waals surface area (Å²) in [4.78, 5) is 20.9. The van der Waals surface area contributed by atoms with Gasteiger partial charge in [-0.15, -0.1) is 0 Å². The van der Waals surface area contributed by atoms with Gasteiger partial charge in [-0.1, -0.05) is 0 Å². The molecule has 2 N–H and O–H groups in total. The third-order valence-corrected chi connectivity index (χ3v) is 3.77. The number of anilines is 1. The van der Waals surface area contributed by atoms with E-state index >= 15 is 0 Å². The molecule has 0 spiro atoms. The highest BCUT2D eigenvalue weighted by molar-refractivity contribution is 5.76. The van der Waals surface area contributed by atoms with Crippen LogP contribution in [0, 0.1) is 27.2 Å². The van der Waals surface area contributed by atoms with Crippen LogP contribution >= 0.6 is 0 Å². The molecule has 0 aliphatic rings. The smallest absolute Gasteiger partial charge is 0.311 e. The highest BCUT2D eigenvalue weighted by Gasteiger charge is 2.44. The van der Waals surface area contributed by atoms with Crippen molar-refractivity contribution >= 4 is 17.3 Å². The third kappa shape index (κ3) is 3.09. The van der Waals surface area contributed by atoms with Gasteiger partial charge in [-0.05, 0) is 27.7 Å². The summed E-state index contributed by atoms with van der Waals surface area (Å²) in [6, 6.07) is 1.16. The summed E-state index contributed by atoms with van der Waals surface area (Å²) in [7, 11) is 0. The fraction of sp³-hybridized carbons (Fsp3) is 0.462. The molecule has 0 unspecified atom stereocenters. The van der Waals surface area contributed by atoms with Crippen molar-refractivity contribution in [1.82, 2.24) is 0 Å². The molecule has 0 aliphatic heterocycles. The van der Waals surface area contributed by atoms with Gasteiger partial charge in [0.25, 0.3) is 5.69 Å². The quantitative estimate of drug-likeness (QED) is 0.643. The van der Waals surface area contributed by atoms with Crippen molar-refractivity contribution in [2.75, 3.05) is 5.32 Å². The Balaban J connectivity index is 3.26. The highest BCUT2D eigenvalue weighted by atomic mass is 19.1. The number of non-ortho nitro benzene ring substituents is 1. The average molecular weight is 302 g/mol. The number of halogens is 2. The number of nitrogens with zero attached hydrogens (tertiary/aromatic N) is 1. The van der Waals surface area contributed by atoms with Gasteiger partial charge in [-0.2, -0.15) is 0 Å². The number of aliphatic carboxylic acids is 1. The minimum absolute atomic E-state index is 0.579. The molecule has 0 fully saturated rings. The molecule has 1 rings (SSSR count). The Kier molecular flexibility index (Phi) is 4.21. The predicted molar refractivity (Wildman–Crippen MR) is 72.1 cm³/mol. The maximum atomic E-state index is 13.8. The summed E-state index contributed by atoms with van der Waals surface area (Å²) < 4.78 is 27.7. The molecule has 0 amide bonds. The highest BCUT2D eigenvalue weighted by Crippen LogP contribution is 2.36. The number of nitro groups is 1. The molecular formula is C13H16F2N2O4. The number of benzene rings is 1. The van der Waals surface area contributed by atoms with Gasteiger partial charge in [-0.25, -0.2) is 8.78 Å². The van der Waals surface area contributed by atoms with Gasteiger partial charge in [0.15, 0.2) is 11.6 Å². The van der Waals surface area contributed by atoms with Crippen molar-refractivity contribution in [3.8, 4) is 0 Å². The maximum Gasteiger partial charge on any atom is 0.311 e. The molecule has 0 saturated carbocycles. The zero-order valence-corrected chi connectivity index (χ0v) is 12.0. The van der Waals surface area contributed by atoms with Gasteiger partial charge in [0.2, 0.25) is 0 Å². The maximum absolute atomic E-state index is 13.8. The largest absolute Gasteiger partial charge is 0.481 e. The van der Waals surface area contributed by atoms with Crippen molar-refractivity contribution in [3.05, 3.63) is 33.9 Å². The Hall–Kier alpha value is -2.25. The van der Waals surface area contributed by atoms with Crippen LogP contribution < -0.4 is 5.32 Å². The Bertz CT molecular complexity index is 577. The van der Waals surface area contributed by atoms with Crippen molar-refractivity contribution in [2.45, 2.75) is 33.2 Å². The van der Waals surface area contributed by atoms with Crippen molar-refractivity contribution in [1.29, 1.82) is 0 Å². The van der Waals surface area contributed by atoms with Crippen LogP contribution in [-0.2, 0) is 4.79 Å². The number of nitrogens with one attached hydrogen (secondary N) is 1. The van der Waals surface area contributed by atoms with E-state index in [0.717, 1.165) is 0 Å². The van der Waals surface area contributed by atoms with Gasteiger partial charge < -0.3 is 10.4 Å². The second-order valence-corrected chi connectivity index (χ2v) is 5.72. The first kappa shape index (κ1) is 16.8. The third-order valence-electron chi connectivity index (χ3n) is 3.77. The summed E-state index contributed by atoms with van der Waals surface area (Å²) >= 11 is 0. The van der Waals surface area contributed by atoms with Gasteiger partial charge >= 0.3 is 5.97 Å². The molecule has 0 aromatic heterocycles. The van der Waals surface area contributed by atoms with E-state index in [1.807, 2.05) is 0 Å². The Morgan fingerprint density at radius 1 is 1.24 bits per heavy atom. The van der Waals surface area contributed by atoms with Crippen LogP contribution in [0.5, 0.6) is 0 Å². The summed E-state index contributed by atoms with van der Waals surface area (Å²) in [5.41, 5.74) is -3.87. The normalized spacial score (nSPS) is 12.1. The monoisotopic (exact) mass is 302 g/mol. The van der Waals surface area contributed by atoms with Crippen LogP contribution in [0.15, 0.2) is 12.1 Å². The molecule has 1 aromatic carbocycles. The van der Waals surface area contributed by atoms with E-state index in [1.165, 1.54) is 27.7 Å². The first-order valence-electron chi connectivity index (χ1n) is 6.05. The number of hydrogen-bond donors (Lipinski definition) is 2. The van der Waals surface area contributed by atoms with Crippen LogP contribution in [-0.4, -0.2) is 21.5 Å². The molecule has 0 saturated heterocycles. The first-order chi connectivity index (χ1) is 9.40. The van der Waals surface area contributed by atoms with Gasteiger partial charge in [-0.3, -0.25) is 14.9 Å². The Morgan fingerprint density at radius 3 is 2.00 bits per heavy atom. The van der Waals surface area contributed by atoms with E-state index in [4.69, 9.17) is 0 Å². The Labute approximate surface area is 119 Å². The Morgan fingerprint density at radius 2 is 1.67 bits per heavy atom. The van der Waals surface area contributed by atoms with E-state index < -0.39 is 44.9 Å². The fourth-order valence-corrected chi connectivity index (χ4v) is 1.52. The van der Waals surface area contributed by atoms with E-state index in [1.54, 1.807) is 0 Å². The summed E-state index contributed by atoms with van der Waals surface area (Å²) in [6.45, 7) is 5.76. The zero-order chi connectivity index (χ0) is 16.6. The molecule has 0 radical (unpaired) electrons. The number of carboxylic acid groups (broad SMARTS) is 1. The van der Waals surface area contributed by atoms with Crippen LogP contribution in [0.25, 0.3) is 0 Å². The number of hydrogen-bond acceptors (Lipinski definition) is 4. The predicted octanol–water partition coefficient (Wildman–Crippen LogP) is 3.17. The lowest BCUT2D eigenvalue weighted by atomic mass is 9.74. The van der Waals surface area contributed by atoms with E-state index in [-0.39, 0.29) is 0 Å². The van der Waals surface area contributed by atoms with Crippen LogP contribution in [0.3, 0.4) is 0 Å². The minimum Gasteiger partial charge on any atom is -0.481 e. The molecule has 21 heavy (non-hydrogen) atoms. The van der Waals surface area contributed by atoms with Crippen molar-refractivity contribution in [2.24, 2.45) is 5.41 Å². The average Bonchev–Trinajstić information content (AvgIpc) is 2.32. The zero-order valence-electron chi connectivity index (χ0n) is 12.0. The molecule has 0 heterocycles. The first-order valence-corrected chi connectivity index (χ1v) is 6.05. The number of carboxylic acids is 1. The molecule has 0 aliphatic carbocycles. The van der Waals surface area contributed by atoms with Gasteiger partial charge in [0.05, 0.1) is 22.5 Å². The fourth-order valence-electron chi connectivity index (χ4n) is 1.52. The molecule has 6 nitrogen and oxygen atoms in total. The minimum atomic E-state index is -1.34. The van der Waals surface area contributed by atoms with Crippen LogP contribution in [0.1, 0.15) is 27.7 Å². The molecular weight excluding hydrogens is 286 g/mol. The van der Waals surface area contributed by atoms with Crippen LogP contribution in [0.2, 0.25) is 0 Å². The topological polar surface area (TPSA) is 92.5 Å². The van der Waals surface area contributed by atoms with Crippen molar-refractivity contribution < 1.29 is 23.6 Å². The second kappa shape index (κ2) is 5.27. The SMILES string of the molecule is CC(C)(Nc1c(F)cc([N+](=O)[O-])cc1F)C(C)(C)C(=O)O. The molecule has 1 aromatic rings. The van der Waals surface area contributed by atoms with E-state index in [9.17, 15) is 28.8 Å². The van der Waals surface area contributed by atoms with E-state index in [2.05, 4.69) is 5.32 Å². The summed E-state index contributed by atoms with van der Waals surface area (Å²) in [5.74, 6) is -3.46.